The Bertz CT molecular complexity index is 1610. The smallest absolute Gasteiger partial charge is 0.256 e. The lowest BCUT2D eigenvalue weighted by molar-refractivity contribution is 0.102. The molecule has 0 radical (unpaired) electrons. The molecule has 0 saturated carbocycles. The molecule has 5 rings (SSSR count). The number of hydrogen-bond donors (Lipinski definition) is 3. The highest BCUT2D eigenvalue weighted by Gasteiger charge is 2.13. The van der Waals surface area contributed by atoms with Crippen molar-refractivity contribution in [1.82, 2.24) is 15.0 Å². The van der Waals surface area contributed by atoms with Crippen LogP contribution < -0.4 is 15.2 Å². The summed E-state index contributed by atoms with van der Waals surface area (Å²) in [5.41, 5.74) is 1.59. The summed E-state index contributed by atoms with van der Waals surface area (Å²) in [4.78, 5) is 24.2. The molecule has 5 aromatic rings. The molecule has 3 aromatic carbocycles. The molecule has 10 heteroatoms. The van der Waals surface area contributed by atoms with Crippen molar-refractivity contribution >= 4 is 43.4 Å². The molecule has 4 N–H and O–H groups in total. The molecule has 0 atom stereocenters. The van der Waals surface area contributed by atoms with Crippen LogP contribution in [0.4, 0.5) is 5.69 Å². The van der Waals surface area contributed by atoms with Gasteiger partial charge in [-0.25, -0.2) is 23.5 Å². The zero-order chi connectivity index (χ0) is 23.0. The molecule has 0 fully saturated rings. The van der Waals surface area contributed by atoms with Crippen molar-refractivity contribution in [3.05, 3.63) is 84.8 Å². The van der Waals surface area contributed by atoms with Gasteiger partial charge in [0.15, 0.2) is 0 Å². The lowest BCUT2D eigenvalue weighted by Gasteiger charge is -2.10. The Morgan fingerprint density at radius 2 is 1.79 bits per heavy atom. The average molecular weight is 459 g/mol. The van der Waals surface area contributed by atoms with Crippen molar-refractivity contribution in [1.29, 1.82) is 0 Å². The minimum absolute atomic E-state index is 0.0289. The molecule has 9 nitrogen and oxygen atoms in total. The number of anilines is 1. The third-order valence-corrected chi connectivity index (χ3v) is 6.00. The maximum absolute atomic E-state index is 12.9. The molecule has 0 spiro atoms. The van der Waals surface area contributed by atoms with Crippen LogP contribution in [-0.2, 0) is 10.0 Å². The number of nitrogens with zero attached hydrogens (tertiary/aromatic N) is 2. The average Bonchev–Trinajstić information content (AvgIpc) is 3.28. The van der Waals surface area contributed by atoms with E-state index in [1.54, 1.807) is 30.5 Å². The van der Waals surface area contributed by atoms with Gasteiger partial charge in [0.1, 0.15) is 17.7 Å². The molecule has 0 unspecified atom stereocenters. The zero-order valence-corrected chi connectivity index (χ0v) is 17.8. The summed E-state index contributed by atoms with van der Waals surface area (Å²) in [5, 5.41) is 10.2. The van der Waals surface area contributed by atoms with E-state index in [9.17, 15) is 13.2 Å². The first-order valence-corrected chi connectivity index (χ1v) is 11.4. The lowest BCUT2D eigenvalue weighted by atomic mass is 10.0. The second kappa shape index (κ2) is 8.01. The number of benzene rings is 3. The normalized spacial score (nSPS) is 11.5. The van der Waals surface area contributed by atoms with Crippen molar-refractivity contribution in [2.24, 2.45) is 5.14 Å². The van der Waals surface area contributed by atoms with Crippen LogP contribution in [0.5, 0.6) is 11.6 Å². The summed E-state index contributed by atoms with van der Waals surface area (Å²) in [7, 11) is -3.80. The van der Waals surface area contributed by atoms with E-state index in [0.29, 0.717) is 28.5 Å². The number of ether oxygens (including phenoxy) is 1. The molecular weight excluding hydrogens is 442 g/mol. The highest BCUT2D eigenvalue weighted by molar-refractivity contribution is 7.89. The lowest BCUT2D eigenvalue weighted by Crippen LogP contribution is -2.14. The Morgan fingerprint density at radius 1 is 0.970 bits per heavy atom. The van der Waals surface area contributed by atoms with Crippen molar-refractivity contribution in [2.45, 2.75) is 4.90 Å². The third-order valence-electron chi connectivity index (χ3n) is 5.07. The van der Waals surface area contributed by atoms with Crippen LogP contribution in [0.3, 0.4) is 0 Å². The molecule has 2 heterocycles. The van der Waals surface area contributed by atoms with Crippen LogP contribution in [0.2, 0.25) is 0 Å². The molecular formula is C23H17N5O4S. The highest BCUT2D eigenvalue weighted by atomic mass is 32.2. The highest BCUT2D eigenvalue weighted by Crippen LogP contribution is 2.30. The van der Waals surface area contributed by atoms with Gasteiger partial charge in [0.2, 0.25) is 15.9 Å². The van der Waals surface area contributed by atoms with Crippen molar-refractivity contribution < 1.29 is 17.9 Å². The van der Waals surface area contributed by atoms with E-state index in [0.717, 1.165) is 16.2 Å². The van der Waals surface area contributed by atoms with Crippen LogP contribution >= 0.6 is 0 Å². The molecule has 2 aromatic heterocycles. The maximum Gasteiger partial charge on any atom is 0.256 e. The first kappa shape index (κ1) is 20.6. The third kappa shape index (κ3) is 4.12. The van der Waals surface area contributed by atoms with Gasteiger partial charge in [0.25, 0.3) is 5.91 Å². The number of carbonyl (C=O) groups excluding carboxylic acids is 1. The van der Waals surface area contributed by atoms with E-state index < -0.39 is 10.0 Å². The van der Waals surface area contributed by atoms with Gasteiger partial charge < -0.3 is 15.0 Å². The van der Waals surface area contributed by atoms with Gasteiger partial charge in [-0.3, -0.25) is 4.79 Å². The number of aromatic nitrogens is 3. The van der Waals surface area contributed by atoms with Gasteiger partial charge in [0, 0.05) is 17.4 Å². The van der Waals surface area contributed by atoms with Gasteiger partial charge in [-0.05, 0) is 65.4 Å². The van der Waals surface area contributed by atoms with Crippen LogP contribution in [0.1, 0.15) is 10.4 Å². The number of carbonyl (C=O) groups is 1. The van der Waals surface area contributed by atoms with Crippen LogP contribution in [0.15, 0.2) is 84.1 Å². The van der Waals surface area contributed by atoms with Gasteiger partial charge in [-0.1, -0.05) is 12.1 Å². The standard InChI is InChI=1S/C23H17N5O4S/c24-33(30,31)17-7-4-15(5-8-17)28-22(29)19-3-1-2-14-12-16(6-9-18(14)19)32-23-20-10-11-25-21(20)26-13-27-23/h1-13H,(H,28,29)(H2,24,30,31)(H,25,26,27). The van der Waals surface area contributed by atoms with Crippen LogP contribution in [0.25, 0.3) is 21.8 Å². The summed E-state index contributed by atoms with van der Waals surface area (Å²) in [5.74, 6) is 0.666. The number of fused-ring (bicyclic) bond motifs is 2. The number of amides is 1. The Morgan fingerprint density at radius 3 is 2.58 bits per heavy atom. The molecule has 33 heavy (non-hydrogen) atoms. The second-order valence-corrected chi connectivity index (χ2v) is 8.79. The molecule has 0 aliphatic heterocycles. The van der Waals surface area contributed by atoms with Crippen LogP contribution in [-0.4, -0.2) is 29.3 Å². The Hall–Kier alpha value is -4.28. The molecule has 1 amide bonds. The largest absolute Gasteiger partial charge is 0.438 e. The van der Waals surface area contributed by atoms with E-state index in [1.807, 2.05) is 18.2 Å². The van der Waals surface area contributed by atoms with E-state index in [1.165, 1.54) is 30.6 Å². The van der Waals surface area contributed by atoms with Crippen molar-refractivity contribution in [3.63, 3.8) is 0 Å². The number of rotatable bonds is 5. The summed E-state index contributed by atoms with van der Waals surface area (Å²) in [6.45, 7) is 0. The summed E-state index contributed by atoms with van der Waals surface area (Å²) >= 11 is 0. The number of primary sulfonamides is 1. The molecule has 164 valence electrons. The maximum atomic E-state index is 12.9. The first-order chi connectivity index (χ1) is 15.9. The van der Waals surface area contributed by atoms with E-state index in [2.05, 4.69) is 20.3 Å². The SMILES string of the molecule is NS(=O)(=O)c1ccc(NC(=O)c2cccc3cc(Oc4ncnc5[nH]ccc45)ccc23)cc1. The van der Waals surface area contributed by atoms with Gasteiger partial charge in [-0.15, -0.1) is 0 Å². The Kier molecular flexibility index (Phi) is 5.00. The predicted octanol–water partition coefficient (Wildman–Crippen LogP) is 3.80. The molecule has 0 aliphatic carbocycles. The fourth-order valence-electron chi connectivity index (χ4n) is 3.49. The summed E-state index contributed by atoms with van der Waals surface area (Å²) in [6, 6.07) is 18.3. The quantitative estimate of drug-likeness (QED) is 0.365. The van der Waals surface area contributed by atoms with Crippen LogP contribution in [0, 0.1) is 0 Å². The molecule has 0 bridgehead atoms. The zero-order valence-electron chi connectivity index (χ0n) is 17.0. The monoisotopic (exact) mass is 459 g/mol. The van der Waals surface area contributed by atoms with Gasteiger partial charge in [-0.2, -0.15) is 0 Å². The number of aromatic amines is 1. The van der Waals surface area contributed by atoms with Crippen molar-refractivity contribution in [3.8, 4) is 11.6 Å². The second-order valence-electron chi connectivity index (χ2n) is 7.23. The Labute approximate surface area is 188 Å². The van der Waals surface area contributed by atoms with Gasteiger partial charge in [0.05, 0.1) is 10.3 Å². The number of sulfonamides is 1. The van der Waals surface area contributed by atoms with E-state index in [4.69, 9.17) is 9.88 Å². The minimum Gasteiger partial charge on any atom is -0.438 e. The minimum atomic E-state index is -3.80. The van der Waals surface area contributed by atoms with E-state index in [-0.39, 0.29) is 10.8 Å². The predicted molar refractivity (Wildman–Crippen MR) is 124 cm³/mol. The number of hydrogen-bond acceptors (Lipinski definition) is 6. The summed E-state index contributed by atoms with van der Waals surface area (Å²) in [6.07, 6.45) is 3.19. The van der Waals surface area contributed by atoms with E-state index >= 15 is 0 Å². The number of H-pyrrole nitrogens is 1. The first-order valence-electron chi connectivity index (χ1n) is 9.81. The fraction of sp³-hybridized carbons (Fsp3) is 0. The summed E-state index contributed by atoms with van der Waals surface area (Å²) < 4.78 is 28.8. The van der Waals surface area contributed by atoms with Crippen molar-refractivity contribution in [2.75, 3.05) is 5.32 Å². The van der Waals surface area contributed by atoms with Gasteiger partial charge >= 0.3 is 0 Å². The molecule has 0 aliphatic rings. The molecule has 0 saturated heterocycles. The topological polar surface area (TPSA) is 140 Å². The Balaban J connectivity index is 1.41. The number of nitrogens with one attached hydrogen (secondary N) is 2. The fourth-order valence-corrected chi connectivity index (χ4v) is 4.01. The number of nitrogens with two attached hydrogens (primary N) is 1.